The van der Waals surface area contributed by atoms with Gasteiger partial charge in [0.1, 0.15) is 15.2 Å². The smallest absolute Gasteiger partial charge is 0.274 e. The first-order valence-electron chi connectivity index (χ1n) is 8.39. The van der Waals surface area contributed by atoms with Crippen molar-refractivity contribution in [2.75, 3.05) is 4.72 Å². The molecule has 0 radical (unpaired) electrons. The second-order valence-electron chi connectivity index (χ2n) is 6.28. The molecule has 2 N–H and O–H groups in total. The molecule has 0 aliphatic carbocycles. The maximum Gasteiger partial charge on any atom is 0.274 e. The monoisotopic (exact) mass is 594 g/mol. The van der Waals surface area contributed by atoms with Gasteiger partial charge in [0.05, 0.1) is 21.3 Å². The summed E-state index contributed by atoms with van der Waals surface area (Å²) in [7, 11) is -4.20. The third kappa shape index (κ3) is 4.04. The van der Waals surface area contributed by atoms with Gasteiger partial charge in [-0.3, -0.25) is 9.52 Å². The summed E-state index contributed by atoms with van der Waals surface area (Å²) in [6.07, 6.45) is 2.61. The molecule has 7 nitrogen and oxygen atoms in total. The van der Waals surface area contributed by atoms with Crippen molar-refractivity contribution in [2.45, 2.75) is 11.1 Å². The van der Waals surface area contributed by atoms with Crippen molar-refractivity contribution in [1.29, 1.82) is 0 Å². The number of aryl methyl sites for hydroxylation is 1. The summed E-state index contributed by atoms with van der Waals surface area (Å²) in [6.45, 7) is 1.63. The summed E-state index contributed by atoms with van der Waals surface area (Å²) in [6, 6.07) is 3.16. The number of thiazole rings is 1. The molecule has 13 heteroatoms. The number of carbonyl (C=O) groups excluding carboxylic acids is 1. The first kappa shape index (κ1) is 22.0. The number of anilines is 1. The van der Waals surface area contributed by atoms with E-state index in [0.717, 1.165) is 23.5 Å². The molecule has 0 spiro atoms. The van der Waals surface area contributed by atoms with Crippen LogP contribution in [0.4, 0.5) is 14.5 Å². The number of ketones is 1. The van der Waals surface area contributed by atoms with E-state index in [0.29, 0.717) is 10.7 Å². The van der Waals surface area contributed by atoms with Gasteiger partial charge in [-0.1, -0.05) is 11.6 Å². The molecule has 0 saturated heterocycles. The molecule has 4 aromatic rings. The van der Waals surface area contributed by atoms with Gasteiger partial charge in [0.15, 0.2) is 10.0 Å². The predicted molar refractivity (Wildman–Crippen MR) is 121 cm³/mol. The molecule has 0 fully saturated rings. The fraction of sp³-hybridized carbons (Fsp3) is 0.0556. The highest BCUT2D eigenvalue weighted by Crippen LogP contribution is 2.31. The molecule has 160 valence electrons. The fourth-order valence-corrected chi connectivity index (χ4v) is 7.03. The fourth-order valence-electron chi connectivity index (χ4n) is 2.88. The van der Waals surface area contributed by atoms with Crippen LogP contribution >= 0.6 is 45.5 Å². The third-order valence-corrected chi connectivity index (χ3v) is 8.78. The quantitative estimate of drug-likeness (QED) is 0.253. The zero-order valence-corrected chi connectivity index (χ0v) is 19.9. The molecule has 0 saturated carbocycles. The molecule has 4 rings (SSSR count). The molecule has 0 amide bonds. The first-order chi connectivity index (χ1) is 14.6. The van der Waals surface area contributed by atoms with Crippen molar-refractivity contribution in [3.8, 4) is 0 Å². The van der Waals surface area contributed by atoms with Gasteiger partial charge < -0.3 is 4.98 Å². The van der Waals surface area contributed by atoms with E-state index in [-0.39, 0.29) is 23.9 Å². The molecule has 0 bridgehead atoms. The van der Waals surface area contributed by atoms with E-state index in [9.17, 15) is 17.6 Å². The van der Waals surface area contributed by atoms with E-state index in [2.05, 4.69) is 19.7 Å². The van der Waals surface area contributed by atoms with E-state index in [4.69, 9.17) is 11.6 Å². The van der Waals surface area contributed by atoms with Crippen molar-refractivity contribution < 1.29 is 22.0 Å². The summed E-state index contributed by atoms with van der Waals surface area (Å²) >= 11 is 8.57. The van der Waals surface area contributed by atoms with Crippen LogP contribution in [0.15, 0.2) is 34.8 Å². The summed E-state index contributed by atoms with van der Waals surface area (Å²) in [5, 5.41) is 1.02. The highest BCUT2D eigenvalue weighted by molar-refractivity contribution is 14.1. The third-order valence-electron chi connectivity index (χ3n) is 4.21. The number of H-pyrrole nitrogens is 1. The van der Waals surface area contributed by atoms with E-state index in [1.165, 1.54) is 18.5 Å². The van der Waals surface area contributed by atoms with Gasteiger partial charge in [-0.05, 0) is 47.7 Å². The Bertz CT molecular complexity index is 1470. The average Bonchev–Trinajstić information content (AvgIpc) is 3.26. The zero-order valence-electron chi connectivity index (χ0n) is 15.3. The van der Waals surface area contributed by atoms with Crippen molar-refractivity contribution in [2.24, 2.45) is 0 Å². The number of sulfonamides is 1. The minimum Gasteiger partial charge on any atom is -0.345 e. The topological polar surface area (TPSA) is 105 Å². The summed E-state index contributed by atoms with van der Waals surface area (Å²) in [4.78, 5) is 23.7. The molecule has 0 atom stereocenters. The number of hydrogen-bond donors (Lipinski definition) is 2. The van der Waals surface area contributed by atoms with Gasteiger partial charge in [-0.2, -0.15) is 0 Å². The van der Waals surface area contributed by atoms with Crippen molar-refractivity contribution in [3.63, 3.8) is 0 Å². The zero-order chi connectivity index (χ0) is 22.5. The molecule has 3 aromatic heterocycles. The lowest BCUT2D eigenvalue weighted by atomic mass is 10.0. The molecular formula is C18H10ClF2IN4O3S2. The molecular weight excluding hydrogens is 585 g/mol. The second-order valence-corrected chi connectivity index (χ2v) is 10.8. The lowest BCUT2D eigenvalue weighted by molar-refractivity contribution is 0.103. The number of aromatic nitrogens is 3. The van der Waals surface area contributed by atoms with Crippen LogP contribution in [0.3, 0.4) is 0 Å². The van der Waals surface area contributed by atoms with Gasteiger partial charge in [0.25, 0.3) is 10.0 Å². The van der Waals surface area contributed by atoms with Crippen LogP contribution < -0.4 is 4.72 Å². The summed E-state index contributed by atoms with van der Waals surface area (Å²) in [5.74, 6) is -3.47. The van der Waals surface area contributed by atoms with Gasteiger partial charge in [-0.15, -0.1) is 11.3 Å². The Balaban J connectivity index is 1.78. The normalized spacial score (nSPS) is 11.8. The second kappa shape index (κ2) is 8.07. The molecule has 0 aliphatic heterocycles. The Labute approximate surface area is 197 Å². The van der Waals surface area contributed by atoms with Gasteiger partial charge >= 0.3 is 0 Å². The number of pyridine rings is 1. The Morgan fingerprint density at radius 3 is 2.74 bits per heavy atom. The van der Waals surface area contributed by atoms with E-state index >= 15 is 4.39 Å². The Kier molecular flexibility index (Phi) is 5.74. The number of carbonyl (C=O) groups is 1. The highest BCUT2D eigenvalue weighted by atomic mass is 127. The maximum atomic E-state index is 15.2. The number of hydrogen-bond acceptors (Lipinski definition) is 6. The van der Waals surface area contributed by atoms with E-state index < -0.39 is 38.7 Å². The number of nitrogens with one attached hydrogen (secondary N) is 2. The van der Waals surface area contributed by atoms with Crippen molar-refractivity contribution in [1.82, 2.24) is 15.0 Å². The molecule has 1 aromatic carbocycles. The van der Waals surface area contributed by atoms with Crippen LogP contribution in [-0.2, 0) is 10.0 Å². The highest BCUT2D eigenvalue weighted by Gasteiger charge is 2.28. The minimum absolute atomic E-state index is 0.0598. The van der Waals surface area contributed by atoms with Crippen molar-refractivity contribution in [3.05, 3.63) is 67.1 Å². The molecule has 3 heterocycles. The number of benzene rings is 1. The maximum absolute atomic E-state index is 15.2. The van der Waals surface area contributed by atoms with Crippen LogP contribution in [0.25, 0.3) is 11.0 Å². The number of nitrogens with zero attached hydrogens (tertiary/aromatic N) is 2. The van der Waals surface area contributed by atoms with Gasteiger partial charge in [-0.25, -0.2) is 27.2 Å². The molecule has 31 heavy (non-hydrogen) atoms. The lowest BCUT2D eigenvalue weighted by Crippen LogP contribution is -2.16. The Hall–Kier alpha value is -2.16. The van der Waals surface area contributed by atoms with E-state index in [1.54, 1.807) is 29.5 Å². The Morgan fingerprint density at radius 1 is 1.32 bits per heavy atom. The van der Waals surface area contributed by atoms with Crippen LogP contribution in [0.1, 0.15) is 20.9 Å². The van der Waals surface area contributed by atoms with Crippen LogP contribution in [-0.4, -0.2) is 29.2 Å². The van der Waals surface area contributed by atoms with Crippen molar-refractivity contribution >= 4 is 78.1 Å². The Morgan fingerprint density at radius 2 is 2.06 bits per heavy atom. The number of fused-ring (bicyclic) bond motifs is 1. The molecule has 0 aliphatic rings. The standard InChI is InChI=1S/C18H10ClF2IN4O3S2/c1-7-25-16(22)18(30-7)31(28,29)26-12-3-2-11(20)13(14(12)21)15(27)10-6-24-17-9(10)4-8(19)5-23-17/h2-6,26H,1H3,(H,23,24). The number of rotatable bonds is 5. The van der Waals surface area contributed by atoms with Crippen LogP contribution in [0.2, 0.25) is 5.02 Å². The molecule has 0 unspecified atom stereocenters. The number of aromatic amines is 1. The lowest BCUT2D eigenvalue weighted by Gasteiger charge is -2.11. The summed E-state index contributed by atoms with van der Waals surface area (Å²) in [5.41, 5.74) is -1.23. The summed E-state index contributed by atoms with van der Waals surface area (Å²) < 4.78 is 57.2. The van der Waals surface area contributed by atoms with E-state index in [1.807, 2.05) is 0 Å². The van der Waals surface area contributed by atoms with Gasteiger partial charge in [0, 0.05) is 23.3 Å². The first-order valence-corrected chi connectivity index (χ1v) is 12.1. The average molecular weight is 595 g/mol. The largest absolute Gasteiger partial charge is 0.345 e. The predicted octanol–water partition coefficient (Wildman–Crippen LogP) is 4.90. The number of halogens is 4. The van der Waals surface area contributed by atoms with Crippen LogP contribution in [0.5, 0.6) is 0 Å². The van der Waals surface area contributed by atoms with Gasteiger partial charge in [0.2, 0.25) is 5.78 Å². The SMILES string of the molecule is Cc1nc(I)c(S(=O)(=O)Nc2ccc(F)c(C(=O)c3c[nH]c4ncc(Cl)cc34)c2F)s1. The minimum atomic E-state index is -4.20. The van der Waals surface area contributed by atoms with Crippen LogP contribution in [0, 0.1) is 22.3 Å².